The molecule has 0 aromatic carbocycles. The van der Waals surface area contributed by atoms with Gasteiger partial charge in [0.1, 0.15) is 0 Å². The summed E-state index contributed by atoms with van der Waals surface area (Å²) in [5.74, 6) is 0.962. The van der Waals surface area contributed by atoms with E-state index in [-0.39, 0.29) is 11.8 Å². The molecule has 0 heterocycles. The van der Waals surface area contributed by atoms with Crippen molar-refractivity contribution in [2.45, 2.75) is 57.5 Å². The van der Waals surface area contributed by atoms with Crippen molar-refractivity contribution in [3.8, 4) is 0 Å². The SMILES string of the molecule is CC1CCCC1C(=O)N(C)CC1(O)CCCC1. The first-order valence-corrected chi connectivity index (χ1v) is 6.99. The number of hydrogen-bond acceptors (Lipinski definition) is 2. The van der Waals surface area contributed by atoms with Crippen LogP contribution in [0.1, 0.15) is 51.9 Å². The highest BCUT2D eigenvalue weighted by atomic mass is 16.3. The smallest absolute Gasteiger partial charge is 0.225 e. The second kappa shape index (κ2) is 4.97. The number of hydrogen-bond donors (Lipinski definition) is 1. The molecule has 2 fully saturated rings. The molecule has 0 aromatic heterocycles. The van der Waals surface area contributed by atoms with Gasteiger partial charge in [0.05, 0.1) is 5.60 Å². The summed E-state index contributed by atoms with van der Waals surface area (Å²) in [6.45, 7) is 2.70. The van der Waals surface area contributed by atoms with Gasteiger partial charge < -0.3 is 10.0 Å². The van der Waals surface area contributed by atoms with Crippen LogP contribution >= 0.6 is 0 Å². The zero-order valence-corrected chi connectivity index (χ0v) is 11.1. The normalized spacial score (nSPS) is 31.7. The van der Waals surface area contributed by atoms with Gasteiger partial charge in [0.2, 0.25) is 5.91 Å². The van der Waals surface area contributed by atoms with E-state index in [9.17, 15) is 9.90 Å². The van der Waals surface area contributed by atoms with Gasteiger partial charge in [-0.2, -0.15) is 0 Å². The average molecular weight is 239 g/mol. The maximum atomic E-state index is 12.3. The Hall–Kier alpha value is -0.570. The molecule has 1 amide bonds. The van der Waals surface area contributed by atoms with E-state index in [1.165, 1.54) is 12.8 Å². The molecule has 2 atom stereocenters. The van der Waals surface area contributed by atoms with E-state index >= 15 is 0 Å². The minimum Gasteiger partial charge on any atom is -0.388 e. The molecule has 0 saturated heterocycles. The van der Waals surface area contributed by atoms with Gasteiger partial charge in [0.15, 0.2) is 0 Å². The maximum absolute atomic E-state index is 12.3. The lowest BCUT2D eigenvalue weighted by Gasteiger charge is -2.31. The van der Waals surface area contributed by atoms with Crippen LogP contribution in [0.15, 0.2) is 0 Å². The highest BCUT2D eigenvalue weighted by Crippen LogP contribution is 2.34. The molecule has 0 bridgehead atoms. The third-order valence-corrected chi connectivity index (χ3v) is 4.62. The molecule has 3 heteroatoms. The number of likely N-dealkylation sites (N-methyl/N-ethyl adjacent to an activating group) is 1. The van der Waals surface area contributed by atoms with Crippen LogP contribution < -0.4 is 0 Å². The van der Waals surface area contributed by atoms with Crippen molar-refractivity contribution >= 4 is 5.91 Å². The molecule has 0 aromatic rings. The maximum Gasteiger partial charge on any atom is 0.225 e. The Balaban J connectivity index is 1.90. The molecule has 0 spiro atoms. The van der Waals surface area contributed by atoms with Crippen molar-refractivity contribution in [3.63, 3.8) is 0 Å². The predicted octanol–water partition coefficient (Wildman–Crippen LogP) is 2.19. The van der Waals surface area contributed by atoms with Gasteiger partial charge in [-0.15, -0.1) is 0 Å². The van der Waals surface area contributed by atoms with Crippen LogP contribution in [0.4, 0.5) is 0 Å². The van der Waals surface area contributed by atoms with Gasteiger partial charge in [-0.1, -0.05) is 26.2 Å². The molecule has 0 aliphatic heterocycles. The van der Waals surface area contributed by atoms with Crippen LogP contribution in [0.25, 0.3) is 0 Å². The number of aliphatic hydroxyl groups is 1. The van der Waals surface area contributed by atoms with Gasteiger partial charge in [0, 0.05) is 19.5 Å². The van der Waals surface area contributed by atoms with Gasteiger partial charge >= 0.3 is 0 Å². The molecular weight excluding hydrogens is 214 g/mol. The van der Waals surface area contributed by atoms with E-state index < -0.39 is 5.60 Å². The minimum atomic E-state index is -0.605. The lowest BCUT2D eigenvalue weighted by Crippen LogP contribution is -2.44. The molecule has 98 valence electrons. The lowest BCUT2D eigenvalue weighted by molar-refractivity contribution is -0.138. The summed E-state index contributed by atoms with van der Waals surface area (Å²) in [6.07, 6.45) is 7.28. The summed E-state index contributed by atoms with van der Waals surface area (Å²) in [5, 5.41) is 10.3. The summed E-state index contributed by atoms with van der Waals surface area (Å²) in [6, 6.07) is 0. The standard InChI is InChI=1S/C14H25NO2/c1-11-6-5-7-12(11)13(16)15(2)10-14(17)8-3-4-9-14/h11-12,17H,3-10H2,1-2H3. The second-order valence-electron chi connectivity index (χ2n) is 6.14. The van der Waals surface area contributed by atoms with Crippen molar-refractivity contribution in [3.05, 3.63) is 0 Å². The molecule has 2 rings (SSSR count). The Morgan fingerprint density at radius 3 is 2.47 bits per heavy atom. The fourth-order valence-electron chi connectivity index (χ4n) is 3.51. The Labute approximate surface area is 104 Å². The van der Waals surface area contributed by atoms with E-state index in [2.05, 4.69) is 6.92 Å². The van der Waals surface area contributed by atoms with Crippen molar-refractivity contribution in [1.29, 1.82) is 0 Å². The van der Waals surface area contributed by atoms with Crippen LogP contribution in [0, 0.1) is 11.8 Å². The number of nitrogens with zero attached hydrogens (tertiary/aromatic N) is 1. The van der Waals surface area contributed by atoms with E-state index in [1.807, 2.05) is 7.05 Å². The number of carbonyl (C=O) groups is 1. The number of amides is 1. The Kier molecular flexibility index (Phi) is 3.76. The van der Waals surface area contributed by atoms with E-state index in [0.717, 1.165) is 32.1 Å². The largest absolute Gasteiger partial charge is 0.388 e. The fraction of sp³-hybridized carbons (Fsp3) is 0.929. The summed E-state index contributed by atoms with van der Waals surface area (Å²) in [4.78, 5) is 14.1. The first-order valence-electron chi connectivity index (χ1n) is 6.99. The summed E-state index contributed by atoms with van der Waals surface area (Å²) in [5.41, 5.74) is -0.605. The molecule has 17 heavy (non-hydrogen) atoms. The number of rotatable bonds is 3. The molecule has 1 N–H and O–H groups in total. The molecule has 2 aliphatic carbocycles. The van der Waals surface area contributed by atoms with E-state index in [1.54, 1.807) is 4.90 Å². The predicted molar refractivity (Wildman–Crippen MR) is 67.6 cm³/mol. The monoisotopic (exact) mass is 239 g/mol. The van der Waals surface area contributed by atoms with Crippen molar-refractivity contribution in [2.24, 2.45) is 11.8 Å². The summed E-state index contributed by atoms with van der Waals surface area (Å²) in [7, 11) is 1.85. The van der Waals surface area contributed by atoms with Gasteiger partial charge in [-0.05, 0) is 31.6 Å². The Morgan fingerprint density at radius 1 is 1.29 bits per heavy atom. The fourth-order valence-corrected chi connectivity index (χ4v) is 3.51. The first kappa shape index (κ1) is 12.9. The van der Waals surface area contributed by atoms with Crippen molar-refractivity contribution < 1.29 is 9.90 Å². The highest BCUT2D eigenvalue weighted by molar-refractivity contribution is 5.79. The topological polar surface area (TPSA) is 40.5 Å². The van der Waals surface area contributed by atoms with Crippen molar-refractivity contribution in [1.82, 2.24) is 4.90 Å². The third-order valence-electron chi connectivity index (χ3n) is 4.62. The van der Waals surface area contributed by atoms with E-state index in [4.69, 9.17) is 0 Å². The van der Waals surface area contributed by atoms with Crippen LogP contribution in [-0.4, -0.2) is 35.1 Å². The molecule has 2 saturated carbocycles. The molecule has 3 nitrogen and oxygen atoms in total. The highest BCUT2D eigenvalue weighted by Gasteiger charge is 2.37. The van der Waals surface area contributed by atoms with Gasteiger partial charge in [0.25, 0.3) is 0 Å². The Bertz CT molecular complexity index is 284. The molecule has 2 aliphatic rings. The average Bonchev–Trinajstić information content (AvgIpc) is 2.86. The van der Waals surface area contributed by atoms with Crippen LogP contribution in [0.2, 0.25) is 0 Å². The van der Waals surface area contributed by atoms with Crippen LogP contribution in [0.5, 0.6) is 0 Å². The molecule has 0 radical (unpaired) electrons. The zero-order valence-electron chi connectivity index (χ0n) is 11.1. The minimum absolute atomic E-state index is 0.199. The lowest BCUT2D eigenvalue weighted by atomic mass is 9.95. The van der Waals surface area contributed by atoms with E-state index in [0.29, 0.717) is 12.5 Å². The first-order chi connectivity index (χ1) is 8.02. The second-order valence-corrected chi connectivity index (χ2v) is 6.14. The molecular formula is C14H25NO2. The molecule has 2 unspecified atom stereocenters. The van der Waals surface area contributed by atoms with Crippen LogP contribution in [0.3, 0.4) is 0 Å². The van der Waals surface area contributed by atoms with Gasteiger partial charge in [-0.25, -0.2) is 0 Å². The number of carbonyl (C=O) groups excluding carboxylic acids is 1. The summed E-state index contributed by atoms with van der Waals surface area (Å²) >= 11 is 0. The third kappa shape index (κ3) is 2.82. The Morgan fingerprint density at radius 2 is 1.94 bits per heavy atom. The van der Waals surface area contributed by atoms with Gasteiger partial charge in [-0.3, -0.25) is 4.79 Å². The van der Waals surface area contributed by atoms with Crippen molar-refractivity contribution in [2.75, 3.05) is 13.6 Å². The quantitative estimate of drug-likeness (QED) is 0.820. The summed E-state index contributed by atoms with van der Waals surface area (Å²) < 4.78 is 0. The van der Waals surface area contributed by atoms with Crippen LogP contribution in [-0.2, 0) is 4.79 Å². The zero-order chi connectivity index (χ0) is 12.5.